The minimum Gasteiger partial charge on any atom is -0.363 e. The number of aromatic nitrogens is 1. The minimum absolute atomic E-state index is 0.225. The highest BCUT2D eigenvalue weighted by Gasteiger charge is 2.41. The zero-order valence-corrected chi connectivity index (χ0v) is 11.7. The summed E-state index contributed by atoms with van der Waals surface area (Å²) in [5, 5.41) is 3.23. The van der Waals surface area contributed by atoms with Crippen molar-refractivity contribution in [3.05, 3.63) is 18.0 Å². The summed E-state index contributed by atoms with van der Waals surface area (Å²) in [6.07, 6.45) is 4.45. The molecule has 0 saturated heterocycles. The molecule has 3 N–H and O–H groups in total. The number of hydrogen-bond acceptors (Lipinski definition) is 3. The van der Waals surface area contributed by atoms with Crippen LogP contribution in [0.15, 0.2) is 17.2 Å². The lowest BCUT2D eigenvalue weighted by molar-refractivity contribution is 0.558. The number of rotatable bonds is 7. The summed E-state index contributed by atoms with van der Waals surface area (Å²) in [6, 6.07) is 1.69. The van der Waals surface area contributed by atoms with Gasteiger partial charge in [0.1, 0.15) is 0 Å². The molecule has 0 radical (unpaired) electrons. The van der Waals surface area contributed by atoms with E-state index in [1.54, 1.807) is 12.3 Å². The van der Waals surface area contributed by atoms with E-state index in [4.69, 9.17) is 0 Å². The van der Waals surface area contributed by atoms with Crippen molar-refractivity contribution in [2.45, 2.75) is 50.1 Å². The van der Waals surface area contributed by atoms with Crippen LogP contribution < -0.4 is 10.0 Å². The monoisotopic (exact) mass is 271 g/mol. The standard InChI is InChI=1S/C12H21N3O2S/c1-3-6-13-8-10-7-11(9-14-10)18(16,17)15-12(2)4-5-12/h7,9,13-15H,3-6,8H2,1-2H3. The number of aromatic amines is 1. The van der Waals surface area contributed by atoms with Crippen LogP contribution in [0.25, 0.3) is 0 Å². The van der Waals surface area contributed by atoms with Crippen molar-refractivity contribution in [1.82, 2.24) is 15.0 Å². The Kier molecular flexibility index (Phi) is 3.79. The summed E-state index contributed by atoms with van der Waals surface area (Å²) in [6.45, 7) is 5.62. The van der Waals surface area contributed by atoms with Gasteiger partial charge in [0.05, 0.1) is 4.90 Å². The van der Waals surface area contributed by atoms with Crippen molar-refractivity contribution in [1.29, 1.82) is 0 Å². The molecular formula is C12H21N3O2S. The second-order valence-corrected chi connectivity index (χ2v) is 6.89. The van der Waals surface area contributed by atoms with Gasteiger partial charge in [-0.05, 0) is 38.8 Å². The molecule has 1 fully saturated rings. The lowest BCUT2D eigenvalue weighted by Crippen LogP contribution is -2.33. The van der Waals surface area contributed by atoms with E-state index in [2.05, 4.69) is 21.9 Å². The molecule has 0 atom stereocenters. The van der Waals surface area contributed by atoms with Crippen molar-refractivity contribution in [2.24, 2.45) is 0 Å². The molecule has 1 aliphatic carbocycles. The van der Waals surface area contributed by atoms with E-state index in [9.17, 15) is 8.42 Å². The molecule has 2 rings (SSSR count). The second-order valence-electron chi connectivity index (χ2n) is 5.20. The van der Waals surface area contributed by atoms with Crippen LogP contribution >= 0.6 is 0 Å². The summed E-state index contributed by atoms with van der Waals surface area (Å²) < 4.78 is 26.9. The van der Waals surface area contributed by atoms with E-state index in [0.29, 0.717) is 11.4 Å². The Morgan fingerprint density at radius 1 is 1.44 bits per heavy atom. The molecule has 0 unspecified atom stereocenters. The molecule has 1 aromatic heterocycles. The molecular weight excluding hydrogens is 250 g/mol. The Morgan fingerprint density at radius 3 is 2.78 bits per heavy atom. The highest BCUT2D eigenvalue weighted by atomic mass is 32.2. The highest BCUT2D eigenvalue weighted by molar-refractivity contribution is 7.89. The summed E-state index contributed by atoms with van der Waals surface area (Å²) in [4.78, 5) is 3.32. The first-order valence-corrected chi connectivity index (χ1v) is 7.85. The van der Waals surface area contributed by atoms with E-state index in [-0.39, 0.29) is 5.54 Å². The minimum atomic E-state index is -3.37. The van der Waals surface area contributed by atoms with Crippen LogP contribution in [0, 0.1) is 0 Å². The molecule has 1 aromatic rings. The fraction of sp³-hybridized carbons (Fsp3) is 0.667. The second kappa shape index (κ2) is 5.03. The maximum Gasteiger partial charge on any atom is 0.242 e. The molecule has 0 aliphatic heterocycles. The van der Waals surface area contributed by atoms with Gasteiger partial charge in [-0.15, -0.1) is 0 Å². The number of H-pyrrole nitrogens is 1. The lowest BCUT2D eigenvalue weighted by Gasteiger charge is -2.10. The number of nitrogens with one attached hydrogen (secondary N) is 3. The molecule has 6 heteroatoms. The molecule has 5 nitrogen and oxygen atoms in total. The first-order valence-electron chi connectivity index (χ1n) is 6.37. The van der Waals surface area contributed by atoms with Crippen LogP contribution in [0.4, 0.5) is 0 Å². The Morgan fingerprint density at radius 2 is 2.17 bits per heavy atom. The summed E-state index contributed by atoms with van der Waals surface area (Å²) in [5.74, 6) is 0. The highest BCUT2D eigenvalue weighted by Crippen LogP contribution is 2.35. The van der Waals surface area contributed by atoms with Crippen LogP contribution in [0.2, 0.25) is 0 Å². The van der Waals surface area contributed by atoms with E-state index >= 15 is 0 Å². The van der Waals surface area contributed by atoms with Crippen molar-refractivity contribution in [3.8, 4) is 0 Å². The Bertz CT molecular complexity index is 503. The van der Waals surface area contributed by atoms with Gasteiger partial charge in [0.2, 0.25) is 10.0 Å². The smallest absolute Gasteiger partial charge is 0.242 e. The quantitative estimate of drug-likeness (QED) is 0.655. The summed E-state index contributed by atoms with van der Waals surface area (Å²) in [5.41, 5.74) is 0.668. The van der Waals surface area contributed by atoms with Gasteiger partial charge < -0.3 is 10.3 Å². The molecule has 18 heavy (non-hydrogen) atoms. The third-order valence-electron chi connectivity index (χ3n) is 3.15. The molecule has 0 aromatic carbocycles. The van der Waals surface area contributed by atoms with Crippen LogP contribution in [0.3, 0.4) is 0 Å². The van der Waals surface area contributed by atoms with E-state index < -0.39 is 10.0 Å². The maximum atomic E-state index is 12.1. The average Bonchev–Trinajstić information content (AvgIpc) is 2.80. The number of sulfonamides is 1. The first kappa shape index (κ1) is 13.6. The third kappa shape index (κ3) is 3.34. The van der Waals surface area contributed by atoms with Crippen LogP contribution in [0.5, 0.6) is 0 Å². The van der Waals surface area contributed by atoms with Gasteiger partial charge >= 0.3 is 0 Å². The van der Waals surface area contributed by atoms with Gasteiger partial charge in [0.25, 0.3) is 0 Å². The van der Waals surface area contributed by atoms with Crippen molar-refractivity contribution in [2.75, 3.05) is 6.54 Å². The van der Waals surface area contributed by atoms with Gasteiger partial charge in [0, 0.05) is 24.0 Å². The molecule has 1 aliphatic rings. The fourth-order valence-electron chi connectivity index (χ4n) is 1.75. The van der Waals surface area contributed by atoms with Crippen molar-refractivity contribution >= 4 is 10.0 Å². The molecule has 0 spiro atoms. The molecule has 1 saturated carbocycles. The number of hydrogen-bond donors (Lipinski definition) is 3. The van der Waals surface area contributed by atoms with Crippen LogP contribution in [-0.4, -0.2) is 25.5 Å². The van der Waals surface area contributed by atoms with E-state index in [1.165, 1.54) is 0 Å². The lowest BCUT2D eigenvalue weighted by atomic mass is 10.4. The predicted molar refractivity (Wildman–Crippen MR) is 70.8 cm³/mol. The SMILES string of the molecule is CCCNCc1cc(S(=O)(=O)NC2(C)CC2)c[nH]1. The molecule has 1 heterocycles. The summed E-state index contributed by atoms with van der Waals surface area (Å²) >= 11 is 0. The van der Waals surface area contributed by atoms with Gasteiger partial charge in [-0.1, -0.05) is 6.92 Å². The Labute approximate surface area is 108 Å². The Balaban J connectivity index is 2.00. The zero-order valence-electron chi connectivity index (χ0n) is 10.9. The average molecular weight is 271 g/mol. The zero-order chi connectivity index (χ0) is 13.2. The largest absolute Gasteiger partial charge is 0.363 e. The summed E-state index contributed by atoms with van der Waals surface area (Å²) in [7, 11) is -3.37. The Hall–Kier alpha value is -0.850. The molecule has 0 bridgehead atoms. The van der Waals surface area contributed by atoms with Crippen LogP contribution in [0.1, 0.15) is 38.8 Å². The van der Waals surface area contributed by atoms with Crippen molar-refractivity contribution in [3.63, 3.8) is 0 Å². The normalized spacial score (nSPS) is 17.9. The van der Waals surface area contributed by atoms with Crippen molar-refractivity contribution < 1.29 is 8.42 Å². The van der Waals surface area contributed by atoms with Gasteiger partial charge in [-0.25, -0.2) is 13.1 Å². The predicted octanol–water partition coefficient (Wildman–Crippen LogP) is 1.35. The van der Waals surface area contributed by atoms with E-state index in [1.807, 2.05) is 6.92 Å². The van der Waals surface area contributed by atoms with Gasteiger partial charge in [-0.3, -0.25) is 0 Å². The van der Waals surface area contributed by atoms with Crippen LogP contribution in [-0.2, 0) is 16.6 Å². The topological polar surface area (TPSA) is 74.0 Å². The first-order chi connectivity index (χ1) is 8.45. The van der Waals surface area contributed by atoms with Gasteiger partial charge in [0.15, 0.2) is 0 Å². The maximum absolute atomic E-state index is 12.1. The fourth-order valence-corrected chi connectivity index (χ4v) is 3.23. The molecule has 0 amide bonds. The molecule has 102 valence electrons. The third-order valence-corrected chi connectivity index (χ3v) is 4.77. The van der Waals surface area contributed by atoms with E-state index in [0.717, 1.165) is 31.5 Å². The van der Waals surface area contributed by atoms with Gasteiger partial charge in [-0.2, -0.15) is 0 Å².